The van der Waals surface area contributed by atoms with Crippen LogP contribution in [0.25, 0.3) is 11.1 Å². The smallest absolute Gasteiger partial charge is 0.399 e. The van der Waals surface area contributed by atoms with E-state index in [9.17, 15) is 22.8 Å². The van der Waals surface area contributed by atoms with E-state index in [1.807, 2.05) is 51.7 Å². The number of halogens is 4. The molecule has 24 heteroatoms. The number of pyridine rings is 2. The summed E-state index contributed by atoms with van der Waals surface area (Å²) in [5.41, 5.74) is 5.53. The summed E-state index contributed by atoms with van der Waals surface area (Å²) in [6.45, 7) is 25.7. The molecule has 448 valence electrons. The van der Waals surface area contributed by atoms with Crippen LogP contribution in [0.1, 0.15) is 71.4 Å². The van der Waals surface area contributed by atoms with E-state index in [2.05, 4.69) is 109 Å². The second kappa shape index (κ2) is 27.9. The number of nitrogens with zero attached hydrogens (tertiary/aromatic N) is 6. The standard InChI is InChI=1S/C26H35N5O3.C20H28BF3N2O3.C12H16IN3O2.H2S/c1-3-19-6-7-31(15-19)26(32)28-21-5-4-18(2)23(14-21)20-12-24(27-22-16-34-17-22)29-25(13-20)30-8-10-33-11-9-30;1-13-6-7-15(10-16(13)21-28-18(2,3)19(4,5)29-21)25-17(27)26-9-8-14(12-26)11-20(22,23)24;13-9-5-11(14-10-7-18-8-10)15-12(6-9)16-1-3-17-4-2-16;/h4-5,12-14,19,22H,3,6-11,15-17H2,1-2H3,(H,27,29)(H,28,32);6-7,10,14H,8-9,11-12H2,1-5H3,(H,25,27);5-6,10H,1-4,7-8H2,(H,14,15);1H2/t19-;14-;;/m10../s1. The van der Waals surface area contributed by atoms with Gasteiger partial charge in [-0.3, -0.25) is 0 Å². The Morgan fingerprint density at radius 1 is 0.659 bits per heavy atom. The molecule has 2 atom stereocenters. The van der Waals surface area contributed by atoms with E-state index in [4.69, 9.17) is 33.2 Å². The maximum Gasteiger partial charge on any atom is 0.495 e. The average Bonchev–Trinajstić information content (AvgIpc) is 4.34. The van der Waals surface area contributed by atoms with Gasteiger partial charge in [-0.05, 0) is 159 Å². The highest BCUT2D eigenvalue weighted by Gasteiger charge is 2.52. The predicted octanol–water partition coefficient (Wildman–Crippen LogP) is 9.51. The van der Waals surface area contributed by atoms with Crippen molar-refractivity contribution in [2.24, 2.45) is 11.8 Å². The van der Waals surface area contributed by atoms with Crippen molar-refractivity contribution in [3.05, 3.63) is 75.4 Å². The number of amides is 4. The zero-order chi connectivity index (χ0) is 57.5. The molecule has 4 N–H and O–H groups in total. The lowest BCUT2D eigenvalue weighted by molar-refractivity contribution is -0.143. The number of urea groups is 2. The Morgan fingerprint density at radius 2 is 1.15 bits per heavy atom. The predicted molar refractivity (Wildman–Crippen MR) is 330 cm³/mol. The third-order valence-electron chi connectivity index (χ3n) is 16.3. The zero-order valence-corrected chi connectivity index (χ0v) is 51.4. The topological polar surface area (TPSA) is 176 Å². The Kier molecular flexibility index (Phi) is 21.5. The minimum absolute atomic E-state index is 0. The Hall–Kier alpha value is -4.83. The molecule has 0 saturated carbocycles. The van der Waals surface area contributed by atoms with Crippen LogP contribution < -0.4 is 36.5 Å². The van der Waals surface area contributed by atoms with Crippen LogP contribution in [-0.2, 0) is 28.3 Å². The quantitative estimate of drug-likeness (QED) is 0.0779. The molecule has 2 aromatic heterocycles. The van der Waals surface area contributed by atoms with Gasteiger partial charge in [-0.1, -0.05) is 31.0 Å². The molecule has 18 nitrogen and oxygen atoms in total. The Labute approximate surface area is 501 Å². The van der Waals surface area contributed by atoms with E-state index >= 15 is 0 Å². The van der Waals surface area contributed by atoms with Gasteiger partial charge in [-0.2, -0.15) is 26.7 Å². The second-order valence-corrected chi connectivity index (χ2v) is 24.3. The van der Waals surface area contributed by atoms with Gasteiger partial charge in [-0.15, -0.1) is 0 Å². The van der Waals surface area contributed by atoms with Crippen LogP contribution >= 0.6 is 36.1 Å². The van der Waals surface area contributed by atoms with Crippen LogP contribution in [0, 0.1) is 29.3 Å². The number of anilines is 6. The first-order chi connectivity index (χ1) is 38.7. The molecule has 82 heavy (non-hydrogen) atoms. The van der Waals surface area contributed by atoms with Gasteiger partial charge in [0, 0.05) is 73.7 Å². The van der Waals surface area contributed by atoms with Gasteiger partial charge in [-0.25, -0.2) is 19.6 Å². The number of rotatable bonds is 12. The van der Waals surface area contributed by atoms with Crippen molar-refractivity contribution in [2.45, 2.75) is 104 Å². The molecular formula is C58H81BF3IN10O8S. The van der Waals surface area contributed by atoms with Crippen LogP contribution in [0.4, 0.5) is 57.4 Å². The number of carbonyl (C=O) groups excluding carboxylic acids is 2. The SMILES string of the molecule is CC[C@@H]1CCN(C(=O)Nc2ccc(C)c(-c3cc(NC4COC4)nc(N4CCOCC4)c3)c2)C1.Cc1ccc(NC(=O)N2CC[C@@H](CC(F)(F)F)C2)cc1B1OC(C)(C)C(C)(C)O1.Ic1cc(NC2COC2)nc(N2CCOCC2)c1.S. The molecular weight excluding hydrogens is 1190 g/mol. The third-order valence-corrected chi connectivity index (χ3v) is 16.9. The first-order valence-corrected chi connectivity index (χ1v) is 29.5. The molecule has 0 aliphatic carbocycles. The molecule has 7 aliphatic heterocycles. The highest BCUT2D eigenvalue weighted by Crippen LogP contribution is 2.38. The number of benzene rings is 2. The molecule has 7 aliphatic rings. The van der Waals surface area contributed by atoms with Gasteiger partial charge in [0.1, 0.15) is 23.3 Å². The summed E-state index contributed by atoms with van der Waals surface area (Å²) in [5.74, 6) is 3.84. The van der Waals surface area contributed by atoms with E-state index in [0.29, 0.717) is 63.1 Å². The number of aromatic nitrogens is 2. The molecule has 7 saturated heterocycles. The largest absolute Gasteiger partial charge is 0.495 e. The van der Waals surface area contributed by atoms with Crippen molar-refractivity contribution in [3.63, 3.8) is 0 Å². The number of ether oxygens (including phenoxy) is 4. The second-order valence-electron chi connectivity index (χ2n) is 23.1. The van der Waals surface area contributed by atoms with E-state index < -0.39 is 42.9 Å². The Morgan fingerprint density at radius 3 is 1.65 bits per heavy atom. The summed E-state index contributed by atoms with van der Waals surface area (Å²) in [5, 5.41) is 12.8. The first kappa shape index (κ1) is 63.2. The number of carbonyl (C=O) groups is 2. The zero-order valence-electron chi connectivity index (χ0n) is 48.3. The first-order valence-electron chi connectivity index (χ1n) is 28.5. The lowest BCUT2D eigenvalue weighted by Gasteiger charge is -2.32. The number of aryl methyl sites for hydroxylation is 2. The average molecular weight is 1270 g/mol. The van der Waals surface area contributed by atoms with Crippen molar-refractivity contribution in [1.82, 2.24) is 19.8 Å². The van der Waals surface area contributed by atoms with Crippen molar-refractivity contribution >= 4 is 95.4 Å². The fraction of sp³-hybridized carbons (Fsp3) is 0.586. The van der Waals surface area contributed by atoms with Crippen LogP contribution in [0.2, 0.25) is 0 Å². The number of hydrogen-bond acceptors (Lipinski definition) is 14. The molecule has 9 heterocycles. The number of nitrogens with one attached hydrogen (secondary N) is 4. The molecule has 0 radical (unpaired) electrons. The van der Waals surface area contributed by atoms with Crippen LogP contribution in [0.5, 0.6) is 0 Å². The molecule has 4 aromatic rings. The molecule has 0 spiro atoms. The van der Waals surface area contributed by atoms with E-state index in [1.54, 1.807) is 12.1 Å². The maximum absolute atomic E-state index is 12.8. The van der Waals surface area contributed by atoms with E-state index in [-0.39, 0.29) is 26.1 Å². The Bertz CT molecular complexity index is 2790. The fourth-order valence-corrected chi connectivity index (χ4v) is 11.1. The van der Waals surface area contributed by atoms with Crippen molar-refractivity contribution in [1.29, 1.82) is 0 Å². The van der Waals surface area contributed by atoms with Gasteiger partial charge in [0.2, 0.25) is 0 Å². The third kappa shape index (κ3) is 16.7. The number of alkyl halides is 3. The Balaban J connectivity index is 0.000000167. The molecule has 11 rings (SSSR count). The maximum atomic E-state index is 12.8. The molecule has 7 fully saturated rings. The molecule has 2 aromatic carbocycles. The van der Waals surface area contributed by atoms with Gasteiger partial charge < -0.3 is 69.1 Å². The summed E-state index contributed by atoms with van der Waals surface area (Å²) in [6, 6.07) is 20.3. The minimum atomic E-state index is -4.20. The monoisotopic (exact) mass is 1270 g/mol. The fourth-order valence-electron chi connectivity index (χ4n) is 10.5. The molecule has 0 unspecified atom stereocenters. The highest BCUT2D eigenvalue weighted by molar-refractivity contribution is 14.1. The summed E-state index contributed by atoms with van der Waals surface area (Å²) in [6.07, 6.45) is -2.49. The van der Waals surface area contributed by atoms with Gasteiger partial charge in [0.15, 0.2) is 0 Å². The molecule has 4 amide bonds. The van der Waals surface area contributed by atoms with Crippen molar-refractivity contribution in [2.75, 3.05) is 136 Å². The van der Waals surface area contributed by atoms with Crippen LogP contribution in [0.3, 0.4) is 0 Å². The summed E-state index contributed by atoms with van der Waals surface area (Å²) < 4.78 is 72.5. The van der Waals surface area contributed by atoms with Gasteiger partial charge in [0.25, 0.3) is 0 Å². The molecule has 0 bridgehead atoms. The normalized spacial score (nSPS) is 21.5. The summed E-state index contributed by atoms with van der Waals surface area (Å²) in [4.78, 5) is 42.9. The number of morpholine rings is 2. The number of likely N-dealkylation sites (tertiary alicyclic amines) is 2. The van der Waals surface area contributed by atoms with E-state index in [1.165, 1.54) is 8.47 Å². The van der Waals surface area contributed by atoms with Crippen LogP contribution in [-0.4, -0.2) is 174 Å². The van der Waals surface area contributed by atoms with Gasteiger partial charge in [0.05, 0.1) is 76.1 Å². The van der Waals surface area contributed by atoms with Crippen molar-refractivity contribution < 1.29 is 51.0 Å². The summed E-state index contributed by atoms with van der Waals surface area (Å²) >= 11 is 2.33. The van der Waals surface area contributed by atoms with Crippen molar-refractivity contribution in [3.8, 4) is 11.1 Å². The van der Waals surface area contributed by atoms with Gasteiger partial charge >= 0.3 is 25.4 Å². The van der Waals surface area contributed by atoms with Crippen LogP contribution in [0.15, 0.2) is 60.7 Å². The highest BCUT2D eigenvalue weighted by atomic mass is 127. The van der Waals surface area contributed by atoms with E-state index in [0.717, 1.165) is 135 Å². The summed E-state index contributed by atoms with van der Waals surface area (Å²) in [7, 11) is -0.556. The number of hydrogen-bond donors (Lipinski definition) is 4. The minimum Gasteiger partial charge on any atom is -0.399 e. The lowest BCUT2D eigenvalue weighted by atomic mass is 9.76. The lowest BCUT2D eigenvalue weighted by Crippen LogP contribution is -2.41.